The first kappa shape index (κ1) is 14.8. The monoisotopic (exact) mass is 327 g/mol. The van der Waals surface area contributed by atoms with Crippen molar-refractivity contribution in [1.82, 2.24) is 15.2 Å². The minimum atomic E-state index is -0.0122. The van der Waals surface area contributed by atoms with Gasteiger partial charge in [-0.1, -0.05) is 6.07 Å². The van der Waals surface area contributed by atoms with Crippen LogP contribution in [0.3, 0.4) is 0 Å². The van der Waals surface area contributed by atoms with Gasteiger partial charge in [0, 0.05) is 42.4 Å². The molecule has 1 amide bonds. The number of rotatable bonds is 3. The summed E-state index contributed by atoms with van der Waals surface area (Å²) in [6, 6.07) is 8.25. The predicted molar refractivity (Wildman–Crippen MR) is 91.3 cm³/mol. The first-order valence-corrected chi connectivity index (χ1v) is 9.09. The van der Waals surface area contributed by atoms with E-state index in [2.05, 4.69) is 32.7 Å². The van der Waals surface area contributed by atoms with Crippen LogP contribution in [0.5, 0.6) is 0 Å². The van der Waals surface area contributed by atoms with Gasteiger partial charge >= 0.3 is 0 Å². The van der Waals surface area contributed by atoms with Gasteiger partial charge in [0.25, 0.3) is 0 Å². The molecule has 1 spiro atoms. The van der Waals surface area contributed by atoms with E-state index in [1.165, 1.54) is 4.88 Å². The highest BCUT2D eigenvalue weighted by atomic mass is 32.1. The minimum Gasteiger partial charge on any atom is -0.350 e. The Labute approximate surface area is 140 Å². The Bertz CT molecular complexity index is 663. The van der Waals surface area contributed by atoms with Crippen LogP contribution >= 0.6 is 11.3 Å². The van der Waals surface area contributed by atoms with Gasteiger partial charge in [-0.05, 0) is 48.4 Å². The summed E-state index contributed by atoms with van der Waals surface area (Å²) in [6.45, 7) is 3.15. The summed E-state index contributed by atoms with van der Waals surface area (Å²) in [6.07, 6.45) is 6.56. The van der Waals surface area contributed by atoms with E-state index in [1.807, 2.05) is 23.5 Å². The Morgan fingerprint density at radius 3 is 2.74 bits per heavy atom. The molecule has 5 heteroatoms. The van der Waals surface area contributed by atoms with E-state index in [0.29, 0.717) is 0 Å². The van der Waals surface area contributed by atoms with Crippen molar-refractivity contribution in [3.05, 3.63) is 52.5 Å². The number of pyridine rings is 1. The molecule has 1 atom stereocenters. The summed E-state index contributed by atoms with van der Waals surface area (Å²) >= 11 is 1.82. The second-order valence-electron chi connectivity index (χ2n) is 6.66. The fourth-order valence-corrected chi connectivity index (χ4v) is 4.59. The zero-order valence-electron chi connectivity index (χ0n) is 13.1. The van der Waals surface area contributed by atoms with Gasteiger partial charge in [0.2, 0.25) is 5.91 Å². The van der Waals surface area contributed by atoms with E-state index < -0.39 is 0 Å². The number of hydrogen-bond donors (Lipinski definition) is 1. The molecule has 23 heavy (non-hydrogen) atoms. The van der Waals surface area contributed by atoms with Crippen LogP contribution in [0, 0.1) is 0 Å². The van der Waals surface area contributed by atoms with Crippen LogP contribution in [0.25, 0.3) is 0 Å². The molecule has 2 saturated heterocycles. The van der Waals surface area contributed by atoms with Gasteiger partial charge < -0.3 is 5.32 Å². The number of thiophene rings is 1. The van der Waals surface area contributed by atoms with E-state index in [0.717, 1.165) is 44.5 Å². The summed E-state index contributed by atoms with van der Waals surface area (Å²) in [5.41, 5.74) is 1.09. The molecule has 2 aromatic heterocycles. The number of piperidine rings is 1. The second kappa shape index (κ2) is 6.06. The molecular weight excluding hydrogens is 306 g/mol. The average Bonchev–Trinajstić information content (AvgIpc) is 3.19. The van der Waals surface area contributed by atoms with E-state index >= 15 is 0 Å². The van der Waals surface area contributed by atoms with Gasteiger partial charge in [0.15, 0.2) is 0 Å². The van der Waals surface area contributed by atoms with Gasteiger partial charge in [-0.3, -0.25) is 14.7 Å². The van der Waals surface area contributed by atoms with Crippen LogP contribution in [0.15, 0.2) is 42.0 Å². The molecule has 0 saturated carbocycles. The fraction of sp³-hybridized carbons (Fsp3) is 0.444. The maximum absolute atomic E-state index is 12.4. The Hall–Kier alpha value is -1.72. The minimum absolute atomic E-state index is 0.00301. The second-order valence-corrected chi connectivity index (χ2v) is 7.69. The average molecular weight is 327 g/mol. The molecule has 120 valence electrons. The topological polar surface area (TPSA) is 45.2 Å². The van der Waals surface area contributed by atoms with E-state index in [1.54, 1.807) is 12.4 Å². The van der Waals surface area contributed by atoms with Crippen molar-refractivity contribution in [3.63, 3.8) is 0 Å². The van der Waals surface area contributed by atoms with Gasteiger partial charge in [0.05, 0.1) is 5.92 Å². The van der Waals surface area contributed by atoms with E-state index in [4.69, 9.17) is 0 Å². The Morgan fingerprint density at radius 1 is 1.26 bits per heavy atom. The molecule has 2 aliphatic rings. The lowest BCUT2D eigenvalue weighted by Gasteiger charge is -2.39. The molecule has 1 N–H and O–H groups in total. The smallest absolute Gasteiger partial charge is 0.228 e. The quantitative estimate of drug-likeness (QED) is 0.943. The summed E-state index contributed by atoms with van der Waals surface area (Å²) in [7, 11) is 0. The van der Waals surface area contributed by atoms with Crippen LogP contribution < -0.4 is 5.32 Å². The third-order valence-electron chi connectivity index (χ3n) is 5.18. The molecule has 0 radical (unpaired) electrons. The van der Waals surface area contributed by atoms with Crippen molar-refractivity contribution in [2.45, 2.75) is 37.3 Å². The van der Waals surface area contributed by atoms with Crippen LogP contribution in [-0.4, -0.2) is 34.4 Å². The summed E-state index contributed by atoms with van der Waals surface area (Å²) in [4.78, 5) is 20.4. The summed E-state index contributed by atoms with van der Waals surface area (Å²) < 4.78 is 0. The number of carbonyl (C=O) groups is 1. The lowest BCUT2D eigenvalue weighted by molar-refractivity contribution is -0.121. The van der Waals surface area contributed by atoms with Gasteiger partial charge in [-0.2, -0.15) is 0 Å². The highest BCUT2D eigenvalue weighted by Gasteiger charge is 2.46. The number of amides is 1. The fourth-order valence-electron chi connectivity index (χ4n) is 3.84. The Balaban J connectivity index is 1.40. The zero-order chi connectivity index (χ0) is 15.7. The zero-order valence-corrected chi connectivity index (χ0v) is 13.9. The van der Waals surface area contributed by atoms with Crippen molar-refractivity contribution in [2.24, 2.45) is 0 Å². The van der Waals surface area contributed by atoms with Crippen molar-refractivity contribution < 1.29 is 4.79 Å². The molecule has 0 aliphatic carbocycles. The van der Waals surface area contributed by atoms with E-state index in [-0.39, 0.29) is 17.4 Å². The van der Waals surface area contributed by atoms with Crippen molar-refractivity contribution in [2.75, 3.05) is 13.1 Å². The normalized spacial score (nSPS) is 24.0. The number of aromatic nitrogens is 1. The Kier molecular flexibility index (Phi) is 3.91. The lowest BCUT2D eigenvalue weighted by Crippen LogP contribution is -2.50. The predicted octanol–water partition coefficient (Wildman–Crippen LogP) is 2.78. The highest BCUT2D eigenvalue weighted by molar-refractivity contribution is 7.09. The third-order valence-corrected chi connectivity index (χ3v) is 6.04. The molecule has 2 fully saturated rings. The molecule has 2 aliphatic heterocycles. The molecule has 4 rings (SSSR count). The lowest BCUT2D eigenvalue weighted by atomic mass is 9.82. The van der Waals surface area contributed by atoms with Crippen LogP contribution in [0.4, 0.5) is 0 Å². The molecule has 0 unspecified atom stereocenters. The van der Waals surface area contributed by atoms with Crippen LogP contribution in [-0.2, 0) is 11.3 Å². The summed E-state index contributed by atoms with van der Waals surface area (Å²) in [5, 5.41) is 5.45. The van der Waals surface area contributed by atoms with Gasteiger partial charge in [-0.25, -0.2) is 0 Å². The largest absolute Gasteiger partial charge is 0.350 e. The maximum Gasteiger partial charge on any atom is 0.228 e. The molecule has 2 aromatic rings. The van der Waals surface area contributed by atoms with Crippen LogP contribution in [0.2, 0.25) is 0 Å². The summed E-state index contributed by atoms with van der Waals surface area (Å²) in [5.74, 6) is 0.171. The standard InChI is InChI=1S/C18H21N3OS/c22-17-16(14-3-7-19-8-4-14)12-18(20-17)5-9-21(10-6-18)13-15-2-1-11-23-15/h1-4,7-8,11,16H,5-6,9-10,12-13H2,(H,20,22)/t16-/m0/s1. The van der Waals surface area contributed by atoms with E-state index in [9.17, 15) is 4.79 Å². The first-order valence-electron chi connectivity index (χ1n) is 8.21. The van der Waals surface area contributed by atoms with Gasteiger partial charge in [-0.15, -0.1) is 11.3 Å². The van der Waals surface area contributed by atoms with Crippen molar-refractivity contribution in [3.8, 4) is 0 Å². The molecular formula is C18H21N3OS. The number of carbonyl (C=O) groups excluding carboxylic acids is 1. The highest BCUT2D eigenvalue weighted by Crippen LogP contribution is 2.39. The SMILES string of the molecule is O=C1NC2(CCN(Cc3cccs3)CC2)C[C@H]1c1ccncc1. The number of nitrogens with zero attached hydrogens (tertiary/aromatic N) is 2. The van der Waals surface area contributed by atoms with Crippen LogP contribution in [0.1, 0.15) is 35.6 Å². The Morgan fingerprint density at radius 2 is 2.04 bits per heavy atom. The molecule has 0 bridgehead atoms. The van der Waals surface area contributed by atoms with Crippen molar-refractivity contribution >= 4 is 17.2 Å². The first-order chi connectivity index (χ1) is 11.2. The third kappa shape index (κ3) is 3.03. The molecule has 4 nitrogen and oxygen atoms in total. The number of likely N-dealkylation sites (tertiary alicyclic amines) is 1. The molecule has 0 aromatic carbocycles. The van der Waals surface area contributed by atoms with Crippen molar-refractivity contribution in [1.29, 1.82) is 0 Å². The number of nitrogens with one attached hydrogen (secondary N) is 1. The maximum atomic E-state index is 12.4. The number of hydrogen-bond acceptors (Lipinski definition) is 4. The van der Waals surface area contributed by atoms with Gasteiger partial charge in [0.1, 0.15) is 0 Å². The molecule has 4 heterocycles.